The van der Waals surface area contributed by atoms with Crippen molar-refractivity contribution in [2.24, 2.45) is 0 Å². The Balaban J connectivity index is 2.17. The molecule has 1 aromatic carbocycles. The number of nitrogens with zero attached hydrogens (tertiary/aromatic N) is 1. The smallest absolute Gasteiger partial charge is 0.0595 e. The number of piperazine rings is 1. The highest BCUT2D eigenvalue weighted by Gasteiger charge is 2.37. The molecule has 1 heterocycles. The fourth-order valence-corrected chi connectivity index (χ4v) is 2.76. The molecule has 0 atom stereocenters. The summed E-state index contributed by atoms with van der Waals surface area (Å²) >= 11 is 12.1. The van der Waals surface area contributed by atoms with Crippen molar-refractivity contribution >= 4 is 23.2 Å². The minimum atomic E-state index is 0.141. The summed E-state index contributed by atoms with van der Waals surface area (Å²) in [5, 5.41) is 4.84. The van der Waals surface area contributed by atoms with Crippen molar-refractivity contribution in [1.29, 1.82) is 0 Å². The maximum absolute atomic E-state index is 6.10. The van der Waals surface area contributed by atoms with Gasteiger partial charge < -0.3 is 5.32 Å². The third-order valence-electron chi connectivity index (χ3n) is 3.80. The van der Waals surface area contributed by atoms with Crippen LogP contribution in [-0.2, 0) is 6.54 Å². The second kappa shape index (κ2) is 5.25. The fraction of sp³-hybridized carbons (Fsp3) is 0.600. The molecule has 2 nitrogen and oxygen atoms in total. The molecule has 0 radical (unpaired) electrons. The number of rotatable bonds is 2. The Bertz CT molecular complexity index is 469. The molecule has 0 aromatic heterocycles. The molecule has 0 bridgehead atoms. The molecule has 0 spiro atoms. The first kappa shape index (κ1) is 15.1. The molecule has 1 aliphatic heterocycles. The molecule has 1 aliphatic rings. The van der Waals surface area contributed by atoms with Crippen molar-refractivity contribution in [2.75, 3.05) is 13.1 Å². The van der Waals surface area contributed by atoms with E-state index in [1.54, 1.807) is 0 Å². The second-order valence-corrected chi connectivity index (χ2v) is 7.47. The van der Waals surface area contributed by atoms with Crippen molar-refractivity contribution in [1.82, 2.24) is 10.2 Å². The highest BCUT2D eigenvalue weighted by Crippen LogP contribution is 2.28. The van der Waals surface area contributed by atoms with Gasteiger partial charge in [0.25, 0.3) is 0 Å². The summed E-state index contributed by atoms with van der Waals surface area (Å²) in [5.74, 6) is 0. The van der Waals surface area contributed by atoms with Crippen LogP contribution in [0.2, 0.25) is 10.0 Å². The molecule has 1 aromatic rings. The maximum Gasteiger partial charge on any atom is 0.0595 e. The van der Waals surface area contributed by atoms with Gasteiger partial charge in [-0.05, 0) is 45.4 Å². The van der Waals surface area contributed by atoms with Gasteiger partial charge in [-0.1, -0.05) is 29.3 Å². The van der Waals surface area contributed by atoms with E-state index in [2.05, 4.69) is 44.0 Å². The summed E-state index contributed by atoms with van der Waals surface area (Å²) in [7, 11) is 0. The average Bonchev–Trinajstić information content (AvgIpc) is 2.29. The van der Waals surface area contributed by atoms with E-state index in [4.69, 9.17) is 23.2 Å². The van der Waals surface area contributed by atoms with Crippen LogP contribution in [0.3, 0.4) is 0 Å². The van der Waals surface area contributed by atoms with E-state index in [1.165, 1.54) is 5.56 Å². The Morgan fingerprint density at radius 1 is 1.16 bits per heavy atom. The van der Waals surface area contributed by atoms with Crippen LogP contribution >= 0.6 is 23.2 Å². The van der Waals surface area contributed by atoms with Gasteiger partial charge in [-0.2, -0.15) is 0 Å². The first-order valence-corrected chi connectivity index (χ1v) is 7.39. The van der Waals surface area contributed by atoms with E-state index < -0.39 is 0 Å². The minimum absolute atomic E-state index is 0.141. The van der Waals surface area contributed by atoms with E-state index in [-0.39, 0.29) is 11.1 Å². The molecule has 106 valence electrons. The number of nitrogens with one attached hydrogen (secondary N) is 1. The Morgan fingerprint density at radius 2 is 1.84 bits per heavy atom. The molecule has 2 rings (SSSR count). The largest absolute Gasteiger partial charge is 0.309 e. The summed E-state index contributed by atoms with van der Waals surface area (Å²) in [6.45, 7) is 11.9. The van der Waals surface area contributed by atoms with Gasteiger partial charge in [0.2, 0.25) is 0 Å². The van der Waals surface area contributed by atoms with E-state index in [9.17, 15) is 0 Å². The third kappa shape index (κ3) is 3.63. The van der Waals surface area contributed by atoms with E-state index in [0.29, 0.717) is 10.0 Å². The minimum Gasteiger partial charge on any atom is -0.309 e. The molecule has 0 unspecified atom stereocenters. The number of benzene rings is 1. The molecule has 0 amide bonds. The van der Waals surface area contributed by atoms with Crippen LogP contribution in [-0.4, -0.2) is 29.1 Å². The highest BCUT2D eigenvalue weighted by molar-refractivity contribution is 6.42. The van der Waals surface area contributed by atoms with Crippen molar-refractivity contribution in [3.05, 3.63) is 33.8 Å². The molecular weight excluding hydrogens is 279 g/mol. The van der Waals surface area contributed by atoms with Crippen LogP contribution in [0.4, 0.5) is 0 Å². The van der Waals surface area contributed by atoms with Crippen molar-refractivity contribution in [3.8, 4) is 0 Å². The normalized spacial score (nSPS) is 22.4. The van der Waals surface area contributed by atoms with Crippen molar-refractivity contribution in [3.63, 3.8) is 0 Å². The summed E-state index contributed by atoms with van der Waals surface area (Å²) in [6, 6.07) is 5.90. The van der Waals surface area contributed by atoms with E-state index in [1.807, 2.05) is 12.1 Å². The lowest BCUT2D eigenvalue weighted by molar-refractivity contribution is 0.0324. The number of halogens is 2. The Hall–Kier alpha value is -0.280. The zero-order chi connectivity index (χ0) is 14.3. The van der Waals surface area contributed by atoms with Crippen LogP contribution in [0.25, 0.3) is 0 Å². The van der Waals surface area contributed by atoms with Gasteiger partial charge >= 0.3 is 0 Å². The zero-order valence-electron chi connectivity index (χ0n) is 12.1. The Kier molecular flexibility index (Phi) is 4.18. The third-order valence-corrected chi connectivity index (χ3v) is 4.54. The first-order chi connectivity index (χ1) is 8.70. The van der Waals surface area contributed by atoms with Gasteiger partial charge in [-0.25, -0.2) is 0 Å². The molecule has 19 heavy (non-hydrogen) atoms. The lowest BCUT2D eigenvalue weighted by Gasteiger charge is -2.49. The monoisotopic (exact) mass is 300 g/mol. The Morgan fingerprint density at radius 3 is 2.47 bits per heavy atom. The van der Waals surface area contributed by atoms with E-state index in [0.717, 1.165) is 19.6 Å². The topological polar surface area (TPSA) is 15.3 Å². The predicted molar refractivity (Wildman–Crippen MR) is 83.0 cm³/mol. The molecule has 0 saturated carbocycles. The summed E-state index contributed by atoms with van der Waals surface area (Å²) < 4.78 is 0. The lowest BCUT2D eigenvalue weighted by atomic mass is 9.91. The first-order valence-electron chi connectivity index (χ1n) is 6.64. The van der Waals surface area contributed by atoms with Crippen LogP contribution < -0.4 is 5.32 Å². The second-order valence-electron chi connectivity index (χ2n) is 6.65. The van der Waals surface area contributed by atoms with Crippen LogP contribution in [0.1, 0.15) is 33.3 Å². The number of hydrogen-bond acceptors (Lipinski definition) is 2. The van der Waals surface area contributed by atoms with Crippen molar-refractivity contribution < 1.29 is 0 Å². The molecule has 1 fully saturated rings. The Labute approximate surface area is 126 Å². The molecule has 4 heteroatoms. The lowest BCUT2D eigenvalue weighted by Crippen LogP contribution is -2.65. The average molecular weight is 301 g/mol. The van der Waals surface area contributed by atoms with Crippen LogP contribution in [0.5, 0.6) is 0 Å². The van der Waals surface area contributed by atoms with Crippen LogP contribution in [0.15, 0.2) is 18.2 Å². The highest BCUT2D eigenvalue weighted by atomic mass is 35.5. The van der Waals surface area contributed by atoms with Crippen LogP contribution in [0, 0.1) is 0 Å². The summed E-state index contributed by atoms with van der Waals surface area (Å²) in [4.78, 5) is 2.50. The summed E-state index contributed by atoms with van der Waals surface area (Å²) in [6.07, 6.45) is 0. The summed E-state index contributed by atoms with van der Waals surface area (Å²) in [5.41, 5.74) is 1.49. The SMILES string of the molecule is CC1(C)CN(Cc2ccc(Cl)c(Cl)c2)C(C)(C)CN1. The molecule has 1 saturated heterocycles. The molecule has 1 N–H and O–H groups in total. The predicted octanol–water partition coefficient (Wildman–Crippen LogP) is 3.96. The van der Waals surface area contributed by atoms with Gasteiger partial charge in [-0.15, -0.1) is 0 Å². The van der Waals surface area contributed by atoms with Gasteiger partial charge in [-0.3, -0.25) is 4.90 Å². The van der Waals surface area contributed by atoms with Gasteiger partial charge in [0.1, 0.15) is 0 Å². The fourth-order valence-electron chi connectivity index (χ4n) is 2.44. The number of hydrogen-bond donors (Lipinski definition) is 1. The van der Waals surface area contributed by atoms with Crippen molar-refractivity contribution in [2.45, 2.75) is 45.3 Å². The van der Waals surface area contributed by atoms with Gasteiger partial charge in [0, 0.05) is 30.7 Å². The van der Waals surface area contributed by atoms with Gasteiger partial charge in [0.05, 0.1) is 10.0 Å². The quantitative estimate of drug-likeness (QED) is 0.889. The zero-order valence-corrected chi connectivity index (χ0v) is 13.6. The maximum atomic E-state index is 6.10. The molecule has 0 aliphatic carbocycles. The standard InChI is InChI=1S/C15H22Cl2N2/c1-14(2)10-19(15(3,4)9-18-14)8-11-5-6-12(16)13(17)7-11/h5-7,18H,8-10H2,1-4H3. The van der Waals surface area contributed by atoms with Gasteiger partial charge in [0.15, 0.2) is 0 Å². The van der Waals surface area contributed by atoms with E-state index >= 15 is 0 Å². The molecular formula is C15H22Cl2N2.